The van der Waals surface area contributed by atoms with Gasteiger partial charge in [0.25, 0.3) is 5.91 Å². The van der Waals surface area contributed by atoms with E-state index < -0.39 is 0 Å². The lowest BCUT2D eigenvalue weighted by Gasteiger charge is -2.03. The van der Waals surface area contributed by atoms with E-state index in [1.165, 1.54) is 11.3 Å². The smallest absolute Gasteiger partial charge is 0.272 e. The molecular formula is C9H14N4OS. The first-order chi connectivity index (χ1) is 7.22. The summed E-state index contributed by atoms with van der Waals surface area (Å²) in [4.78, 5) is 15.7. The van der Waals surface area contributed by atoms with E-state index in [-0.39, 0.29) is 11.9 Å². The van der Waals surface area contributed by atoms with Crippen LogP contribution in [0, 0.1) is 0 Å². The van der Waals surface area contributed by atoms with Crippen molar-refractivity contribution < 1.29 is 4.79 Å². The summed E-state index contributed by atoms with van der Waals surface area (Å²) in [6.45, 7) is 1.01. The van der Waals surface area contributed by atoms with Gasteiger partial charge >= 0.3 is 0 Å². The number of carbonyl (C=O) groups excluding carboxylic acids is 1. The maximum Gasteiger partial charge on any atom is 0.272 e. The lowest BCUT2D eigenvalue weighted by Crippen LogP contribution is -2.20. The first-order valence-corrected chi connectivity index (χ1v) is 5.75. The average Bonchev–Trinajstić information content (AvgIpc) is 2.84. The fourth-order valence-corrected chi connectivity index (χ4v) is 2.62. The Kier molecular flexibility index (Phi) is 2.88. The molecule has 0 radical (unpaired) electrons. The molecule has 1 atom stereocenters. The van der Waals surface area contributed by atoms with Crippen LogP contribution in [0.15, 0.2) is 0 Å². The van der Waals surface area contributed by atoms with Crippen LogP contribution in [0.4, 0.5) is 5.00 Å². The molecular weight excluding hydrogens is 212 g/mol. The van der Waals surface area contributed by atoms with Crippen molar-refractivity contribution in [2.24, 2.45) is 0 Å². The molecule has 1 aliphatic rings. The van der Waals surface area contributed by atoms with Crippen LogP contribution >= 0.6 is 11.3 Å². The van der Waals surface area contributed by atoms with E-state index in [0.717, 1.165) is 24.4 Å². The predicted molar refractivity (Wildman–Crippen MR) is 59.9 cm³/mol. The van der Waals surface area contributed by atoms with Gasteiger partial charge in [-0.25, -0.2) is 4.98 Å². The molecule has 6 heteroatoms. The zero-order valence-corrected chi connectivity index (χ0v) is 9.36. The lowest BCUT2D eigenvalue weighted by atomic mass is 10.2. The highest BCUT2D eigenvalue weighted by Gasteiger charge is 2.23. The molecule has 1 aromatic rings. The maximum absolute atomic E-state index is 11.4. The normalized spacial score (nSPS) is 20.5. The average molecular weight is 226 g/mol. The van der Waals surface area contributed by atoms with Crippen molar-refractivity contribution in [2.75, 3.05) is 19.3 Å². The minimum Gasteiger partial charge on any atom is -0.389 e. The number of hydrogen-bond acceptors (Lipinski definition) is 5. The van der Waals surface area contributed by atoms with E-state index in [1.54, 1.807) is 7.05 Å². The fraction of sp³-hybridized carbons (Fsp3) is 0.556. The highest BCUT2D eigenvalue weighted by Crippen LogP contribution is 2.30. The summed E-state index contributed by atoms with van der Waals surface area (Å²) >= 11 is 1.40. The molecule has 1 aliphatic heterocycles. The number of anilines is 1. The molecule has 1 amide bonds. The number of amides is 1. The van der Waals surface area contributed by atoms with Crippen LogP contribution in [0.1, 0.15) is 34.4 Å². The molecule has 4 N–H and O–H groups in total. The topological polar surface area (TPSA) is 80.0 Å². The summed E-state index contributed by atoms with van der Waals surface area (Å²) < 4.78 is 0. The Morgan fingerprint density at radius 2 is 2.53 bits per heavy atom. The number of nitrogen functional groups attached to an aromatic ring is 1. The summed E-state index contributed by atoms with van der Waals surface area (Å²) in [6.07, 6.45) is 2.22. The number of carbonyl (C=O) groups is 1. The molecule has 15 heavy (non-hydrogen) atoms. The Balaban J connectivity index is 2.23. The van der Waals surface area contributed by atoms with Crippen LogP contribution in [0.2, 0.25) is 0 Å². The number of nitrogens with zero attached hydrogens (tertiary/aromatic N) is 1. The van der Waals surface area contributed by atoms with Crippen LogP contribution < -0.4 is 16.4 Å². The van der Waals surface area contributed by atoms with Gasteiger partial charge in [0.15, 0.2) is 5.69 Å². The Labute approximate surface area is 92.1 Å². The summed E-state index contributed by atoms with van der Waals surface area (Å²) in [5.74, 6) is -0.215. The van der Waals surface area contributed by atoms with E-state index >= 15 is 0 Å². The number of nitrogens with two attached hydrogens (primary N) is 1. The number of nitrogens with one attached hydrogen (secondary N) is 2. The SMILES string of the molecule is CNC(=O)c1nc([C@H]2CCCN2)sc1N. The number of aromatic nitrogens is 1. The van der Waals surface area contributed by atoms with Crippen molar-refractivity contribution >= 4 is 22.2 Å². The van der Waals surface area contributed by atoms with Crippen LogP contribution in [0.5, 0.6) is 0 Å². The minimum atomic E-state index is -0.215. The van der Waals surface area contributed by atoms with Crippen molar-refractivity contribution in [3.05, 3.63) is 10.7 Å². The van der Waals surface area contributed by atoms with Crippen molar-refractivity contribution in [3.63, 3.8) is 0 Å². The molecule has 0 aliphatic carbocycles. The first kappa shape index (κ1) is 10.4. The Bertz CT molecular complexity index is 370. The first-order valence-electron chi connectivity index (χ1n) is 4.94. The van der Waals surface area contributed by atoms with Crippen molar-refractivity contribution in [1.29, 1.82) is 0 Å². The zero-order chi connectivity index (χ0) is 10.8. The lowest BCUT2D eigenvalue weighted by molar-refractivity contribution is 0.0959. The Morgan fingerprint density at radius 3 is 3.13 bits per heavy atom. The quantitative estimate of drug-likeness (QED) is 0.686. The second-order valence-electron chi connectivity index (χ2n) is 3.49. The summed E-state index contributed by atoms with van der Waals surface area (Å²) in [6, 6.07) is 0.274. The van der Waals surface area contributed by atoms with Gasteiger partial charge in [0.1, 0.15) is 10.0 Å². The molecule has 0 aromatic carbocycles. The highest BCUT2D eigenvalue weighted by molar-refractivity contribution is 7.16. The van der Waals surface area contributed by atoms with E-state index in [1.807, 2.05) is 0 Å². The molecule has 2 heterocycles. The second kappa shape index (κ2) is 4.16. The van der Waals surface area contributed by atoms with E-state index in [2.05, 4.69) is 15.6 Å². The maximum atomic E-state index is 11.4. The van der Waals surface area contributed by atoms with Crippen LogP contribution in [0.3, 0.4) is 0 Å². The molecule has 1 fully saturated rings. The largest absolute Gasteiger partial charge is 0.389 e. The van der Waals surface area contributed by atoms with E-state index in [9.17, 15) is 4.79 Å². The van der Waals surface area contributed by atoms with E-state index in [4.69, 9.17) is 5.73 Å². The van der Waals surface area contributed by atoms with Gasteiger partial charge in [-0.05, 0) is 19.4 Å². The third-order valence-electron chi connectivity index (χ3n) is 2.47. The van der Waals surface area contributed by atoms with Gasteiger partial charge in [-0.3, -0.25) is 4.79 Å². The van der Waals surface area contributed by atoms with E-state index in [0.29, 0.717) is 10.7 Å². The Morgan fingerprint density at radius 1 is 1.73 bits per heavy atom. The Hall–Kier alpha value is -1.14. The van der Waals surface area contributed by atoms with Gasteiger partial charge in [-0.15, -0.1) is 0 Å². The predicted octanol–water partition coefficient (Wildman–Crippen LogP) is 0.509. The third kappa shape index (κ3) is 1.95. The number of rotatable bonds is 2. The van der Waals surface area contributed by atoms with Gasteiger partial charge in [-0.1, -0.05) is 11.3 Å². The molecule has 5 nitrogen and oxygen atoms in total. The van der Waals surface area contributed by atoms with Gasteiger partial charge in [-0.2, -0.15) is 0 Å². The van der Waals surface area contributed by atoms with Crippen molar-refractivity contribution in [3.8, 4) is 0 Å². The molecule has 1 aromatic heterocycles. The van der Waals surface area contributed by atoms with Gasteiger partial charge < -0.3 is 16.4 Å². The number of thiazole rings is 1. The van der Waals surface area contributed by atoms with Crippen LogP contribution in [-0.2, 0) is 0 Å². The van der Waals surface area contributed by atoms with Crippen molar-refractivity contribution in [1.82, 2.24) is 15.6 Å². The molecule has 0 unspecified atom stereocenters. The molecule has 0 saturated carbocycles. The monoisotopic (exact) mass is 226 g/mol. The van der Waals surface area contributed by atoms with Gasteiger partial charge in [0.05, 0.1) is 6.04 Å². The third-order valence-corrected chi connectivity index (χ3v) is 3.47. The summed E-state index contributed by atoms with van der Waals surface area (Å²) in [7, 11) is 1.58. The standard InChI is InChI=1S/C9H14N4OS/c1-11-8(14)6-7(10)15-9(13-6)5-3-2-4-12-5/h5,12H,2-4,10H2,1H3,(H,11,14)/t5-/m1/s1. The van der Waals surface area contributed by atoms with Crippen LogP contribution in [-0.4, -0.2) is 24.5 Å². The van der Waals surface area contributed by atoms with Crippen molar-refractivity contribution in [2.45, 2.75) is 18.9 Å². The molecule has 2 rings (SSSR count). The summed E-state index contributed by atoms with van der Waals surface area (Å²) in [5.41, 5.74) is 6.11. The number of hydrogen-bond donors (Lipinski definition) is 3. The van der Waals surface area contributed by atoms with Crippen LogP contribution in [0.25, 0.3) is 0 Å². The second-order valence-corrected chi connectivity index (χ2v) is 4.56. The molecule has 0 spiro atoms. The molecule has 1 saturated heterocycles. The van der Waals surface area contributed by atoms with Gasteiger partial charge in [0.2, 0.25) is 0 Å². The van der Waals surface area contributed by atoms with Gasteiger partial charge in [0, 0.05) is 7.05 Å². The fourth-order valence-electron chi connectivity index (χ4n) is 1.67. The molecule has 82 valence electrons. The zero-order valence-electron chi connectivity index (χ0n) is 8.54. The molecule has 0 bridgehead atoms. The minimum absolute atomic E-state index is 0.215. The summed E-state index contributed by atoms with van der Waals surface area (Å²) in [5, 5.41) is 7.28. The highest BCUT2D eigenvalue weighted by atomic mass is 32.1.